The highest BCUT2D eigenvalue weighted by Gasteiger charge is 2.32. The minimum atomic E-state index is -0.630. The zero-order chi connectivity index (χ0) is 26.8. The molecular formula is C26H33ClF2N8O2. The van der Waals surface area contributed by atoms with Gasteiger partial charge >= 0.3 is 0 Å². The fourth-order valence-corrected chi connectivity index (χ4v) is 4.99. The third kappa shape index (κ3) is 6.47. The van der Waals surface area contributed by atoms with Gasteiger partial charge in [0.2, 0.25) is 5.95 Å². The largest absolute Gasteiger partial charge is 0.396 e. The highest BCUT2D eigenvalue weighted by atomic mass is 35.5. The number of aliphatic hydroxyl groups is 2. The number of rotatable bonds is 7. The maximum Gasteiger partial charge on any atom is 0.224 e. The number of nitrogens with zero attached hydrogens (tertiary/aromatic N) is 7. The van der Waals surface area contributed by atoms with Crippen molar-refractivity contribution in [2.45, 2.75) is 13.0 Å². The monoisotopic (exact) mass is 562 g/mol. The summed E-state index contributed by atoms with van der Waals surface area (Å²) in [7, 11) is 0. The predicted octanol–water partition coefficient (Wildman–Crippen LogP) is 1.88. The Bertz CT molecular complexity index is 1290. The molecule has 0 radical (unpaired) electrons. The third-order valence-corrected chi connectivity index (χ3v) is 7.19. The number of β-amino-alcohol motifs (C(OH)–C–C–N with tert-alkyl or cyclic N) is 1. The van der Waals surface area contributed by atoms with Crippen molar-refractivity contribution in [2.24, 2.45) is 5.92 Å². The number of anilines is 3. The molecule has 2 saturated heterocycles. The van der Waals surface area contributed by atoms with Crippen LogP contribution in [0.4, 0.5) is 26.2 Å². The van der Waals surface area contributed by atoms with Crippen molar-refractivity contribution in [3.05, 3.63) is 59.4 Å². The number of hydrogen-bond acceptors (Lipinski definition) is 9. The first-order chi connectivity index (χ1) is 18.3. The molecule has 0 spiro atoms. The van der Waals surface area contributed by atoms with E-state index in [1.54, 1.807) is 16.9 Å². The lowest BCUT2D eigenvalue weighted by Gasteiger charge is -2.35. The van der Waals surface area contributed by atoms with Gasteiger partial charge in [0.1, 0.15) is 17.5 Å². The summed E-state index contributed by atoms with van der Waals surface area (Å²) >= 11 is 0. The first-order valence-electron chi connectivity index (χ1n) is 12.6. The maximum absolute atomic E-state index is 13.6. The molecule has 10 nitrogen and oxygen atoms in total. The van der Waals surface area contributed by atoms with Gasteiger partial charge in [-0.05, 0) is 19.1 Å². The molecule has 0 saturated carbocycles. The van der Waals surface area contributed by atoms with Crippen molar-refractivity contribution >= 4 is 35.9 Å². The smallest absolute Gasteiger partial charge is 0.224 e. The number of aromatic nitrogens is 4. The average molecular weight is 563 g/mol. The van der Waals surface area contributed by atoms with Crippen LogP contribution in [-0.4, -0.2) is 93.4 Å². The van der Waals surface area contributed by atoms with Gasteiger partial charge in [-0.3, -0.25) is 4.90 Å². The van der Waals surface area contributed by atoms with E-state index >= 15 is 0 Å². The predicted molar refractivity (Wildman–Crippen MR) is 148 cm³/mol. The van der Waals surface area contributed by atoms with E-state index in [9.17, 15) is 19.0 Å². The van der Waals surface area contributed by atoms with Gasteiger partial charge in [0.15, 0.2) is 5.82 Å². The Morgan fingerprint density at radius 2 is 1.69 bits per heavy atom. The molecule has 0 bridgehead atoms. The van der Waals surface area contributed by atoms with Crippen LogP contribution < -0.4 is 15.5 Å². The molecule has 2 atom stereocenters. The zero-order valence-corrected chi connectivity index (χ0v) is 22.4. The van der Waals surface area contributed by atoms with Crippen LogP contribution in [0.15, 0.2) is 36.5 Å². The molecule has 4 N–H and O–H groups in total. The Labute approximate surface area is 231 Å². The van der Waals surface area contributed by atoms with E-state index in [4.69, 9.17) is 5.73 Å². The number of hydrogen-bond donors (Lipinski definition) is 3. The van der Waals surface area contributed by atoms with E-state index < -0.39 is 17.7 Å². The minimum absolute atomic E-state index is 0. The molecule has 4 heterocycles. The van der Waals surface area contributed by atoms with Gasteiger partial charge in [-0.2, -0.15) is 15.1 Å². The molecule has 2 aliphatic heterocycles. The fourth-order valence-electron chi connectivity index (χ4n) is 4.99. The fraction of sp³-hybridized carbons (Fsp3) is 0.423. The first kappa shape index (κ1) is 28.7. The van der Waals surface area contributed by atoms with Crippen molar-refractivity contribution in [1.29, 1.82) is 0 Å². The van der Waals surface area contributed by atoms with E-state index in [0.29, 0.717) is 43.5 Å². The lowest BCUT2D eigenvalue weighted by Crippen LogP contribution is -2.46. The molecule has 2 aliphatic rings. The number of aliphatic hydroxyl groups excluding tert-OH is 2. The summed E-state index contributed by atoms with van der Waals surface area (Å²) in [5.41, 5.74) is 8.38. The van der Waals surface area contributed by atoms with Gasteiger partial charge in [-0.25, -0.2) is 13.5 Å². The van der Waals surface area contributed by atoms with Crippen LogP contribution in [0.1, 0.15) is 11.3 Å². The van der Waals surface area contributed by atoms with Crippen molar-refractivity contribution in [2.75, 3.05) is 68.0 Å². The van der Waals surface area contributed by atoms with Gasteiger partial charge in [-0.1, -0.05) is 12.2 Å². The molecule has 2 fully saturated rings. The normalized spacial score (nSPS) is 20.1. The first-order valence-corrected chi connectivity index (χ1v) is 12.6. The van der Waals surface area contributed by atoms with E-state index in [-0.39, 0.29) is 30.9 Å². The molecule has 0 aliphatic carbocycles. The summed E-state index contributed by atoms with van der Waals surface area (Å²) in [6.07, 6.45) is 5.23. The molecular weight excluding hydrogens is 530 g/mol. The van der Waals surface area contributed by atoms with Crippen LogP contribution in [0, 0.1) is 24.5 Å². The quantitative estimate of drug-likeness (QED) is 0.396. The Morgan fingerprint density at radius 3 is 2.36 bits per heavy atom. The number of nitrogen functional groups attached to an aromatic ring is 1. The highest BCUT2D eigenvalue weighted by molar-refractivity contribution is 5.85. The van der Waals surface area contributed by atoms with Crippen LogP contribution in [0.5, 0.6) is 0 Å². The van der Waals surface area contributed by atoms with Crippen molar-refractivity contribution in [3.63, 3.8) is 0 Å². The molecule has 2 aromatic heterocycles. The Morgan fingerprint density at radius 1 is 1.00 bits per heavy atom. The summed E-state index contributed by atoms with van der Waals surface area (Å²) in [6.45, 7) is 6.39. The van der Waals surface area contributed by atoms with Crippen molar-refractivity contribution in [1.82, 2.24) is 24.6 Å². The van der Waals surface area contributed by atoms with E-state index in [0.717, 1.165) is 37.0 Å². The van der Waals surface area contributed by atoms with E-state index in [1.165, 1.54) is 12.1 Å². The van der Waals surface area contributed by atoms with Crippen LogP contribution in [0.3, 0.4) is 0 Å². The summed E-state index contributed by atoms with van der Waals surface area (Å²) < 4.78 is 28.8. The van der Waals surface area contributed by atoms with Gasteiger partial charge < -0.3 is 25.7 Å². The van der Waals surface area contributed by atoms with Gasteiger partial charge in [-0.15, -0.1) is 12.4 Å². The molecule has 210 valence electrons. The Hall–Kier alpha value is -3.32. The number of halogens is 3. The van der Waals surface area contributed by atoms with E-state index in [1.807, 2.05) is 22.8 Å². The van der Waals surface area contributed by atoms with Crippen LogP contribution in [0.25, 0.3) is 11.9 Å². The SMILES string of the molecule is Cc1c(C=CCN2CCN(c3cc(F)cc(F)c3)CC2)cnn1-c1cc(N2C[C@@H](CO)[C@@H](O)C2)nc(N)n1.Cl. The summed E-state index contributed by atoms with van der Waals surface area (Å²) in [6, 6.07) is 5.40. The maximum atomic E-state index is 13.6. The molecule has 1 aromatic carbocycles. The molecule has 13 heteroatoms. The Balaban J connectivity index is 0.00000353. The summed E-state index contributed by atoms with van der Waals surface area (Å²) in [4.78, 5) is 14.8. The van der Waals surface area contributed by atoms with Gasteiger partial charge in [0, 0.05) is 75.1 Å². The second-order valence-electron chi connectivity index (χ2n) is 9.77. The summed E-state index contributed by atoms with van der Waals surface area (Å²) in [5, 5.41) is 24.1. The second-order valence-corrected chi connectivity index (χ2v) is 9.77. The van der Waals surface area contributed by atoms with Crippen molar-refractivity contribution in [3.8, 4) is 5.82 Å². The third-order valence-electron chi connectivity index (χ3n) is 7.19. The van der Waals surface area contributed by atoms with Crippen molar-refractivity contribution < 1.29 is 19.0 Å². The number of piperazine rings is 1. The second kappa shape index (κ2) is 12.2. The standard InChI is InChI=1S/C26H32F2N8O2.ClH/c1-17-18(3-2-4-33-5-7-34(8-6-33)22-10-20(27)9-21(28)11-22)13-30-36(17)25-12-24(31-26(29)32-25)35-14-19(16-37)23(38)15-35;/h2-3,9-13,19,23,37-38H,4-8,14-16H2,1H3,(H2,29,31,32);1H/t19-,23-;/m0./s1. The van der Waals surface area contributed by atoms with Crippen LogP contribution >= 0.6 is 12.4 Å². The molecule has 3 aromatic rings. The zero-order valence-electron chi connectivity index (χ0n) is 21.6. The molecule has 5 rings (SSSR count). The average Bonchev–Trinajstić information content (AvgIpc) is 3.45. The lowest BCUT2D eigenvalue weighted by atomic mass is 10.1. The lowest BCUT2D eigenvalue weighted by molar-refractivity contribution is 0.104. The van der Waals surface area contributed by atoms with Gasteiger partial charge in [0.25, 0.3) is 0 Å². The highest BCUT2D eigenvalue weighted by Crippen LogP contribution is 2.25. The Kier molecular flexibility index (Phi) is 9.01. The molecule has 39 heavy (non-hydrogen) atoms. The van der Waals surface area contributed by atoms with E-state index in [2.05, 4.69) is 26.0 Å². The summed E-state index contributed by atoms with van der Waals surface area (Å²) in [5.74, 6) is -0.150. The topological polar surface area (TPSA) is 120 Å². The van der Waals surface area contributed by atoms with Gasteiger partial charge in [0.05, 0.1) is 24.6 Å². The molecule has 0 unspecified atom stereocenters. The number of benzene rings is 1. The van der Waals surface area contributed by atoms with Crippen LogP contribution in [0.2, 0.25) is 0 Å². The minimum Gasteiger partial charge on any atom is -0.396 e. The molecule has 0 amide bonds. The van der Waals surface area contributed by atoms with Crippen LogP contribution in [-0.2, 0) is 0 Å². The number of nitrogens with two attached hydrogens (primary N) is 1.